The van der Waals surface area contributed by atoms with Gasteiger partial charge in [-0.2, -0.15) is 0 Å². The van der Waals surface area contributed by atoms with Crippen LogP contribution in [0.4, 0.5) is 4.39 Å². The average Bonchev–Trinajstić information content (AvgIpc) is 3.16. The van der Waals surface area contributed by atoms with Crippen LogP contribution in [0.25, 0.3) is 0 Å². The highest BCUT2D eigenvalue weighted by atomic mass is 19.1. The molecule has 0 amide bonds. The maximum Gasteiger partial charge on any atom is 0.313 e. The number of aromatic hydroxyl groups is 1. The van der Waals surface area contributed by atoms with Crippen molar-refractivity contribution in [1.29, 1.82) is 0 Å². The molecule has 0 aromatic heterocycles. The van der Waals surface area contributed by atoms with E-state index in [0.29, 0.717) is 12.0 Å². The minimum atomic E-state index is -0.995. The van der Waals surface area contributed by atoms with E-state index < -0.39 is 34.8 Å². The molecule has 0 aliphatic heterocycles. The Bertz CT molecular complexity index is 556. The third kappa shape index (κ3) is 2.33. The number of carbonyl (C=O) groups excluding carboxylic acids is 2. The fourth-order valence-electron chi connectivity index (χ4n) is 2.48. The summed E-state index contributed by atoms with van der Waals surface area (Å²) in [5.41, 5.74) is -0.484. The van der Waals surface area contributed by atoms with Crippen molar-refractivity contribution in [2.24, 2.45) is 11.3 Å². The zero-order chi connectivity index (χ0) is 14.9. The van der Waals surface area contributed by atoms with E-state index in [1.807, 2.05) is 0 Å². The number of benzene rings is 1. The highest BCUT2D eigenvalue weighted by Crippen LogP contribution is 2.56. The number of ether oxygens (including phenoxy) is 2. The smallest absolute Gasteiger partial charge is 0.313 e. The van der Waals surface area contributed by atoms with Crippen molar-refractivity contribution in [3.63, 3.8) is 0 Å². The van der Waals surface area contributed by atoms with Gasteiger partial charge in [-0.25, -0.2) is 4.39 Å². The van der Waals surface area contributed by atoms with E-state index in [4.69, 9.17) is 9.84 Å². The van der Waals surface area contributed by atoms with E-state index in [0.717, 1.165) is 6.07 Å². The Morgan fingerprint density at radius 1 is 1.40 bits per heavy atom. The molecule has 1 aliphatic rings. The van der Waals surface area contributed by atoms with Gasteiger partial charge < -0.3 is 14.6 Å². The number of phenols is 1. The number of methoxy groups -OCH3 is 2. The van der Waals surface area contributed by atoms with Crippen LogP contribution in [-0.4, -0.2) is 31.3 Å². The minimum Gasteiger partial charge on any atom is -0.505 e. The fraction of sp³-hybridized carbons (Fsp3) is 0.429. The Hall–Kier alpha value is -2.11. The summed E-state index contributed by atoms with van der Waals surface area (Å²) in [7, 11) is 2.50. The third-order valence-electron chi connectivity index (χ3n) is 3.68. The maximum absolute atomic E-state index is 13.3. The molecule has 2 unspecified atom stereocenters. The van der Waals surface area contributed by atoms with Crippen LogP contribution >= 0.6 is 0 Å². The van der Waals surface area contributed by atoms with Gasteiger partial charge in [-0.15, -0.1) is 0 Å². The number of carbonyl (C=O) groups is 2. The number of halogens is 1. The molecule has 1 saturated carbocycles. The van der Waals surface area contributed by atoms with Crippen molar-refractivity contribution in [2.45, 2.75) is 12.8 Å². The van der Waals surface area contributed by atoms with Gasteiger partial charge in [0, 0.05) is 0 Å². The van der Waals surface area contributed by atoms with E-state index in [-0.39, 0.29) is 6.42 Å². The lowest BCUT2D eigenvalue weighted by molar-refractivity contribution is -0.152. The number of esters is 2. The van der Waals surface area contributed by atoms with E-state index in [1.165, 1.54) is 26.4 Å². The van der Waals surface area contributed by atoms with Gasteiger partial charge in [-0.3, -0.25) is 9.59 Å². The van der Waals surface area contributed by atoms with Gasteiger partial charge >= 0.3 is 11.9 Å². The van der Waals surface area contributed by atoms with Crippen LogP contribution in [-0.2, 0) is 25.5 Å². The molecular formula is C14H15FO5. The van der Waals surface area contributed by atoms with Crippen LogP contribution in [0.5, 0.6) is 5.75 Å². The molecule has 1 N–H and O–H groups in total. The Morgan fingerprint density at radius 3 is 2.65 bits per heavy atom. The molecule has 1 aliphatic carbocycles. The molecule has 2 atom stereocenters. The molecule has 0 heterocycles. The normalized spacial score (nSPS) is 24.1. The molecule has 20 heavy (non-hydrogen) atoms. The minimum absolute atomic E-state index is 0.163. The zero-order valence-electron chi connectivity index (χ0n) is 11.2. The van der Waals surface area contributed by atoms with E-state index >= 15 is 0 Å². The topological polar surface area (TPSA) is 72.8 Å². The quantitative estimate of drug-likeness (QED) is 0.846. The van der Waals surface area contributed by atoms with E-state index in [1.54, 1.807) is 0 Å². The zero-order valence-corrected chi connectivity index (χ0v) is 11.2. The van der Waals surface area contributed by atoms with E-state index in [2.05, 4.69) is 4.74 Å². The molecule has 0 bridgehead atoms. The van der Waals surface area contributed by atoms with Gasteiger partial charge in [-0.05, 0) is 30.5 Å². The summed E-state index contributed by atoms with van der Waals surface area (Å²) in [4.78, 5) is 23.5. The largest absolute Gasteiger partial charge is 0.505 e. The number of hydrogen-bond acceptors (Lipinski definition) is 5. The van der Waals surface area contributed by atoms with E-state index in [9.17, 15) is 14.0 Å². The van der Waals surface area contributed by atoms with Gasteiger partial charge in [0.1, 0.15) is 0 Å². The summed E-state index contributed by atoms with van der Waals surface area (Å²) in [6.07, 6.45) is 0.478. The van der Waals surface area contributed by atoms with Crippen molar-refractivity contribution >= 4 is 11.9 Å². The van der Waals surface area contributed by atoms with Gasteiger partial charge in [0.05, 0.1) is 25.6 Å². The average molecular weight is 282 g/mol. The second-order valence-electron chi connectivity index (χ2n) is 4.89. The second kappa shape index (κ2) is 5.11. The maximum atomic E-state index is 13.3. The standard InChI is InChI=1S/C14H15FO5/c1-19-12(17)9-7-14(9,13(18)20-2)6-8-3-4-11(16)10(15)5-8/h3-5,9,16H,6-7H2,1-2H3. The van der Waals surface area contributed by atoms with Crippen LogP contribution in [0.3, 0.4) is 0 Å². The molecule has 108 valence electrons. The predicted molar refractivity (Wildman–Crippen MR) is 66.3 cm³/mol. The lowest BCUT2D eigenvalue weighted by Crippen LogP contribution is -2.25. The van der Waals surface area contributed by atoms with Crippen LogP contribution in [0, 0.1) is 17.2 Å². The Balaban J connectivity index is 2.24. The van der Waals surface area contributed by atoms with Gasteiger partial charge in [0.15, 0.2) is 11.6 Å². The molecular weight excluding hydrogens is 267 g/mol. The first-order chi connectivity index (χ1) is 9.44. The Labute approximate surface area is 115 Å². The van der Waals surface area contributed by atoms with Crippen molar-refractivity contribution in [3.05, 3.63) is 29.6 Å². The molecule has 1 aromatic rings. The monoisotopic (exact) mass is 282 g/mol. The summed E-state index contributed by atoms with van der Waals surface area (Å²) in [5, 5.41) is 9.15. The third-order valence-corrected chi connectivity index (χ3v) is 3.68. The molecule has 0 saturated heterocycles. The first-order valence-corrected chi connectivity index (χ1v) is 6.08. The van der Waals surface area contributed by atoms with Crippen LogP contribution in [0.2, 0.25) is 0 Å². The van der Waals surface area contributed by atoms with Crippen molar-refractivity contribution in [1.82, 2.24) is 0 Å². The van der Waals surface area contributed by atoms with Gasteiger partial charge in [0.25, 0.3) is 0 Å². The van der Waals surface area contributed by atoms with Crippen molar-refractivity contribution < 1.29 is 28.6 Å². The molecule has 5 nitrogen and oxygen atoms in total. The first-order valence-electron chi connectivity index (χ1n) is 6.08. The van der Waals surface area contributed by atoms with Crippen LogP contribution in [0.1, 0.15) is 12.0 Å². The summed E-state index contributed by atoms with van der Waals surface area (Å²) in [6.45, 7) is 0. The lowest BCUT2D eigenvalue weighted by atomic mass is 9.93. The SMILES string of the molecule is COC(=O)C1CC1(Cc1ccc(O)c(F)c1)C(=O)OC. The van der Waals surface area contributed by atoms with Gasteiger partial charge in [0.2, 0.25) is 0 Å². The molecule has 1 fully saturated rings. The number of hydrogen-bond donors (Lipinski definition) is 1. The van der Waals surface area contributed by atoms with Crippen LogP contribution in [0.15, 0.2) is 18.2 Å². The molecule has 0 spiro atoms. The molecule has 0 radical (unpaired) electrons. The van der Waals surface area contributed by atoms with Crippen molar-refractivity contribution in [3.8, 4) is 5.75 Å². The van der Waals surface area contributed by atoms with Gasteiger partial charge in [-0.1, -0.05) is 6.07 Å². The van der Waals surface area contributed by atoms with Crippen molar-refractivity contribution in [2.75, 3.05) is 14.2 Å². The molecule has 1 aromatic carbocycles. The molecule has 6 heteroatoms. The first kappa shape index (κ1) is 14.3. The summed E-state index contributed by atoms with van der Waals surface area (Å²) in [5.74, 6) is -2.79. The fourth-order valence-corrected chi connectivity index (χ4v) is 2.48. The summed E-state index contributed by atoms with van der Waals surface area (Å²) >= 11 is 0. The Kier molecular flexibility index (Phi) is 3.65. The predicted octanol–water partition coefficient (Wildman–Crippen LogP) is 1.43. The second-order valence-corrected chi connectivity index (χ2v) is 4.89. The number of rotatable bonds is 4. The molecule has 2 rings (SSSR count). The highest BCUT2D eigenvalue weighted by Gasteiger charge is 2.65. The Morgan fingerprint density at radius 2 is 2.10 bits per heavy atom. The van der Waals surface area contributed by atoms with Crippen LogP contribution < -0.4 is 0 Å². The lowest BCUT2D eigenvalue weighted by Gasteiger charge is -2.14. The summed E-state index contributed by atoms with van der Waals surface area (Å²) in [6, 6.07) is 3.87. The number of phenolic OH excluding ortho intramolecular Hbond substituents is 1. The summed E-state index contributed by atoms with van der Waals surface area (Å²) < 4.78 is 22.7. The highest BCUT2D eigenvalue weighted by molar-refractivity contribution is 5.91.